The van der Waals surface area contributed by atoms with Gasteiger partial charge in [0.1, 0.15) is 0 Å². The van der Waals surface area contributed by atoms with Crippen LogP contribution in [0.5, 0.6) is 0 Å². The van der Waals surface area contributed by atoms with Crippen molar-refractivity contribution in [2.24, 2.45) is 5.73 Å². The van der Waals surface area contributed by atoms with Gasteiger partial charge in [0.05, 0.1) is 6.04 Å². The third-order valence-corrected chi connectivity index (χ3v) is 3.91. The van der Waals surface area contributed by atoms with E-state index in [1.807, 2.05) is 7.05 Å². The van der Waals surface area contributed by atoms with Crippen molar-refractivity contribution in [3.8, 4) is 0 Å². The molecule has 0 aromatic carbocycles. The fourth-order valence-electron chi connectivity index (χ4n) is 2.04. The van der Waals surface area contributed by atoms with Crippen LogP contribution in [0, 0.1) is 0 Å². The van der Waals surface area contributed by atoms with E-state index in [0.29, 0.717) is 13.0 Å². The second-order valence-corrected chi connectivity index (χ2v) is 5.26. The minimum atomic E-state index is 0.0657. The van der Waals surface area contributed by atoms with Crippen LogP contribution in [0.4, 0.5) is 0 Å². The first-order valence-electron chi connectivity index (χ1n) is 6.28. The Morgan fingerprint density at radius 2 is 2.33 bits per heavy atom. The molecule has 2 atom stereocenters. The number of hydrogen-bond acceptors (Lipinski definition) is 4. The predicted octanol–water partition coefficient (Wildman–Crippen LogP) is 1.59. The van der Waals surface area contributed by atoms with E-state index >= 15 is 0 Å². The molecule has 0 bridgehead atoms. The van der Waals surface area contributed by atoms with Crippen LogP contribution in [0.1, 0.15) is 31.4 Å². The number of amides is 1. The average Bonchev–Trinajstić information content (AvgIpc) is 2.89. The smallest absolute Gasteiger partial charge is 0.221 e. The van der Waals surface area contributed by atoms with Gasteiger partial charge in [-0.2, -0.15) is 11.3 Å². The number of hydrogen-bond donors (Lipinski definition) is 2. The van der Waals surface area contributed by atoms with Gasteiger partial charge in [-0.3, -0.25) is 9.69 Å². The van der Waals surface area contributed by atoms with E-state index in [0.717, 1.165) is 6.42 Å². The number of nitrogens with one attached hydrogen (secondary N) is 1. The maximum atomic E-state index is 11.3. The lowest BCUT2D eigenvalue weighted by Gasteiger charge is -2.31. The third-order valence-electron chi connectivity index (χ3n) is 3.21. The fourth-order valence-corrected chi connectivity index (χ4v) is 2.73. The molecule has 5 heteroatoms. The van der Waals surface area contributed by atoms with Crippen LogP contribution in [-0.2, 0) is 4.79 Å². The van der Waals surface area contributed by atoms with Crippen LogP contribution in [0.15, 0.2) is 16.8 Å². The Morgan fingerprint density at radius 1 is 1.61 bits per heavy atom. The Labute approximate surface area is 113 Å². The van der Waals surface area contributed by atoms with Gasteiger partial charge in [0, 0.05) is 26.1 Å². The van der Waals surface area contributed by atoms with Gasteiger partial charge < -0.3 is 11.1 Å². The highest BCUT2D eigenvalue weighted by molar-refractivity contribution is 7.07. The van der Waals surface area contributed by atoms with Gasteiger partial charge in [-0.25, -0.2) is 0 Å². The topological polar surface area (TPSA) is 58.4 Å². The molecule has 0 radical (unpaired) electrons. The molecule has 0 saturated heterocycles. The first-order chi connectivity index (χ1) is 8.60. The van der Waals surface area contributed by atoms with Crippen LogP contribution >= 0.6 is 11.3 Å². The van der Waals surface area contributed by atoms with E-state index in [1.165, 1.54) is 5.56 Å². The van der Waals surface area contributed by atoms with E-state index in [4.69, 9.17) is 5.73 Å². The Hall–Kier alpha value is -0.910. The number of nitrogens with two attached hydrogens (primary N) is 1. The molecule has 2 unspecified atom stereocenters. The summed E-state index contributed by atoms with van der Waals surface area (Å²) < 4.78 is 0. The van der Waals surface area contributed by atoms with Crippen molar-refractivity contribution in [3.63, 3.8) is 0 Å². The number of thiophene rings is 1. The summed E-state index contributed by atoms with van der Waals surface area (Å²) in [5, 5.41) is 6.84. The molecule has 0 fully saturated rings. The summed E-state index contributed by atoms with van der Waals surface area (Å²) in [7, 11) is 3.69. The monoisotopic (exact) mass is 269 g/mol. The van der Waals surface area contributed by atoms with Crippen LogP contribution in [0.2, 0.25) is 0 Å². The summed E-state index contributed by atoms with van der Waals surface area (Å²) in [4.78, 5) is 13.5. The zero-order valence-electron chi connectivity index (χ0n) is 11.3. The molecule has 1 rings (SSSR count). The summed E-state index contributed by atoms with van der Waals surface area (Å²) in [5.41, 5.74) is 7.45. The van der Waals surface area contributed by atoms with Gasteiger partial charge in [0.25, 0.3) is 0 Å². The quantitative estimate of drug-likeness (QED) is 0.790. The summed E-state index contributed by atoms with van der Waals surface area (Å²) in [6, 6.07) is 2.39. The van der Waals surface area contributed by atoms with Crippen molar-refractivity contribution in [2.45, 2.75) is 31.8 Å². The molecule has 0 saturated carbocycles. The number of nitrogens with zero attached hydrogens (tertiary/aromatic N) is 1. The van der Waals surface area contributed by atoms with E-state index in [-0.39, 0.29) is 18.0 Å². The molecule has 0 aliphatic carbocycles. The molecule has 3 N–H and O–H groups in total. The normalized spacial score (nSPS) is 14.5. The molecule has 1 heterocycles. The van der Waals surface area contributed by atoms with Crippen molar-refractivity contribution in [1.82, 2.24) is 10.2 Å². The van der Waals surface area contributed by atoms with Crippen LogP contribution in [0.25, 0.3) is 0 Å². The SMILES string of the molecule is CCC(N)C(c1ccsc1)N(C)CCC(=O)NC. The van der Waals surface area contributed by atoms with Crippen molar-refractivity contribution in [1.29, 1.82) is 0 Å². The lowest BCUT2D eigenvalue weighted by atomic mass is 9.99. The molecule has 102 valence electrons. The standard InChI is InChI=1S/C13H23N3OS/c1-4-11(14)13(10-6-8-18-9-10)16(3)7-5-12(17)15-2/h6,8-9,11,13H,4-5,7,14H2,1-3H3,(H,15,17). The molecule has 1 aromatic heterocycles. The van der Waals surface area contributed by atoms with Crippen molar-refractivity contribution >= 4 is 17.2 Å². The Bertz CT molecular complexity index is 353. The Morgan fingerprint density at radius 3 is 2.83 bits per heavy atom. The summed E-state index contributed by atoms with van der Waals surface area (Å²) in [6.45, 7) is 2.81. The van der Waals surface area contributed by atoms with Gasteiger partial charge in [-0.15, -0.1) is 0 Å². The summed E-state index contributed by atoms with van der Waals surface area (Å²) in [5.74, 6) is 0.0657. The van der Waals surface area contributed by atoms with Gasteiger partial charge in [0.15, 0.2) is 0 Å². The first-order valence-corrected chi connectivity index (χ1v) is 7.22. The molecular formula is C13H23N3OS. The molecule has 18 heavy (non-hydrogen) atoms. The van der Waals surface area contributed by atoms with E-state index in [9.17, 15) is 4.79 Å². The maximum Gasteiger partial charge on any atom is 0.221 e. The highest BCUT2D eigenvalue weighted by Gasteiger charge is 2.23. The first kappa shape index (κ1) is 15.1. The van der Waals surface area contributed by atoms with Crippen LogP contribution in [-0.4, -0.2) is 37.5 Å². The third kappa shape index (κ3) is 4.08. The predicted molar refractivity (Wildman–Crippen MR) is 76.6 cm³/mol. The largest absolute Gasteiger partial charge is 0.359 e. The minimum absolute atomic E-state index is 0.0657. The fraction of sp³-hybridized carbons (Fsp3) is 0.615. The Balaban J connectivity index is 2.68. The highest BCUT2D eigenvalue weighted by Crippen LogP contribution is 2.25. The van der Waals surface area contributed by atoms with Crippen molar-refractivity contribution in [2.75, 3.05) is 20.6 Å². The van der Waals surface area contributed by atoms with Gasteiger partial charge in [-0.05, 0) is 35.9 Å². The highest BCUT2D eigenvalue weighted by atomic mass is 32.1. The van der Waals surface area contributed by atoms with Gasteiger partial charge in [-0.1, -0.05) is 6.92 Å². The average molecular weight is 269 g/mol. The minimum Gasteiger partial charge on any atom is -0.359 e. The number of rotatable bonds is 7. The zero-order valence-corrected chi connectivity index (χ0v) is 12.2. The molecule has 4 nitrogen and oxygen atoms in total. The number of likely N-dealkylation sites (N-methyl/N-ethyl adjacent to an activating group) is 1. The van der Waals surface area contributed by atoms with E-state index in [1.54, 1.807) is 18.4 Å². The van der Waals surface area contributed by atoms with Crippen LogP contribution < -0.4 is 11.1 Å². The second kappa shape index (κ2) is 7.51. The van der Waals surface area contributed by atoms with Crippen LogP contribution in [0.3, 0.4) is 0 Å². The molecule has 1 amide bonds. The van der Waals surface area contributed by atoms with Crippen molar-refractivity contribution < 1.29 is 4.79 Å². The summed E-state index contributed by atoms with van der Waals surface area (Å²) >= 11 is 1.68. The maximum absolute atomic E-state index is 11.3. The van der Waals surface area contributed by atoms with Gasteiger partial charge >= 0.3 is 0 Å². The Kier molecular flexibility index (Phi) is 6.32. The number of carbonyl (C=O) groups is 1. The molecule has 0 aliphatic rings. The second-order valence-electron chi connectivity index (χ2n) is 4.48. The van der Waals surface area contributed by atoms with E-state index in [2.05, 4.69) is 34.0 Å². The molecule has 0 aliphatic heterocycles. The molecule has 1 aromatic rings. The molecular weight excluding hydrogens is 246 g/mol. The molecule has 0 spiro atoms. The zero-order chi connectivity index (χ0) is 13.5. The number of carbonyl (C=O) groups excluding carboxylic acids is 1. The summed E-state index contributed by atoms with van der Waals surface area (Å²) in [6.07, 6.45) is 1.43. The lowest BCUT2D eigenvalue weighted by molar-refractivity contribution is -0.121. The van der Waals surface area contributed by atoms with Crippen molar-refractivity contribution in [3.05, 3.63) is 22.4 Å². The van der Waals surface area contributed by atoms with Gasteiger partial charge in [0.2, 0.25) is 5.91 Å². The lowest BCUT2D eigenvalue weighted by Crippen LogP contribution is -2.40. The van der Waals surface area contributed by atoms with E-state index < -0.39 is 0 Å².